The molecule has 1 heterocycles. The molecule has 0 spiro atoms. The third-order valence-electron chi connectivity index (χ3n) is 3.38. The lowest BCUT2D eigenvalue weighted by Crippen LogP contribution is -2.49. The molecule has 1 atom stereocenters. The van der Waals surface area contributed by atoms with Crippen LogP contribution in [0.2, 0.25) is 0 Å². The Hall–Kier alpha value is -1.72. The highest BCUT2D eigenvalue weighted by Crippen LogP contribution is 2.23. The van der Waals surface area contributed by atoms with Crippen molar-refractivity contribution < 1.29 is 4.79 Å². The SMILES string of the molecule is CN(Cc1cccnc1)C(=O)C(C)(N)c1ccc(Br)cc1. The standard InChI is InChI=1S/C16H18BrN3O/c1-16(18,13-5-7-14(17)8-6-13)15(21)20(2)11-12-4-3-9-19-10-12/h3-10H,11,18H2,1-2H3. The first-order valence-electron chi connectivity index (χ1n) is 6.60. The fourth-order valence-electron chi connectivity index (χ4n) is 2.15. The van der Waals surface area contributed by atoms with E-state index in [1.165, 1.54) is 0 Å². The molecule has 0 aliphatic carbocycles. The number of pyridine rings is 1. The molecule has 1 amide bonds. The molecule has 0 aliphatic heterocycles. The Morgan fingerprint density at radius 2 is 2.00 bits per heavy atom. The Balaban J connectivity index is 2.15. The third-order valence-corrected chi connectivity index (χ3v) is 3.91. The molecule has 21 heavy (non-hydrogen) atoms. The second-order valence-corrected chi connectivity index (χ2v) is 6.15. The lowest BCUT2D eigenvalue weighted by Gasteiger charge is -2.29. The average Bonchev–Trinajstić information content (AvgIpc) is 2.48. The molecule has 1 aromatic heterocycles. The molecule has 4 nitrogen and oxygen atoms in total. The number of carbonyl (C=O) groups excluding carboxylic acids is 1. The number of hydrogen-bond donors (Lipinski definition) is 1. The molecular weight excluding hydrogens is 330 g/mol. The van der Waals surface area contributed by atoms with E-state index in [1.807, 2.05) is 36.4 Å². The van der Waals surface area contributed by atoms with Crippen LogP contribution >= 0.6 is 15.9 Å². The monoisotopic (exact) mass is 347 g/mol. The van der Waals surface area contributed by atoms with Crippen molar-refractivity contribution in [3.63, 3.8) is 0 Å². The first-order valence-corrected chi connectivity index (χ1v) is 7.40. The van der Waals surface area contributed by atoms with Gasteiger partial charge in [-0.1, -0.05) is 34.1 Å². The molecule has 1 aromatic carbocycles. The van der Waals surface area contributed by atoms with Crippen LogP contribution in [-0.4, -0.2) is 22.8 Å². The average molecular weight is 348 g/mol. The van der Waals surface area contributed by atoms with Crippen LogP contribution in [0.15, 0.2) is 53.3 Å². The first kappa shape index (κ1) is 15.7. The molecule has 1 unspecified atom stereocenters. The van der Waals surface area contributed by atoms with E-state index >= 15 is 0 Å². The van der Waals surface area contributed by atoms with E-state index in [0.717, 1.165) is 15.6 Å². The van der Waals surface area contributed by atoms with Gasteiger partial charge in [0.25, 0.3) is 0 Å². The quantitative estimate of drug-likeness (QED) is 0.924. The highest BCUT2D eigenvalue weighted by atomic mass is 79.9. The summed E-state index contributed by atoms with van der Waals surface area (Å²) in [5.41, 5.74) is 6.96. The minimum Gasteiger partial charge on any atom is -0.339 e. The summed E-state index contributed by atoms with van der Waals surface area (Å²) >= 11 is 3.38. The van der Waals surface area contributed by atoms with Crippen molar-refractivity contribution in [2.75, 3.05) is 7.05 Å². The Kier molecular flexibility index (Phi) is 4.75. The zero-order valence-corrected chi connectivity index (χ0v) is 13.7. The summed E-state index contributed by atoms with van der Waals surface area (Å²) in [6.45, 7) is 2.22. The highest BCUT2D eigenvalue weighted by Gasteiger charge is 2.33. The van der Waals surface area contributed by atoms with Gasteiger partial charge in [-0.2, -0.15) is 0 Å². The number of likely N-dealkylation sites (N-methyl/N-ethyl adjacent to an activating group) is 1. The molecule has 0 saturated heterocycles. The van der Waals surface area contributed by atoms with E-state index in [0.29, 0.717) is 6.54 Å². The van der Waals surface area contributed by atoms with Crippen LogP contribution < -0.4 is 5.73 Å². The van der Waals surface area contributed by atoms with Crippen molar-refractivity contribution in [1.29, 1.82) is 0 Å². The number of nitrogens with zero attached hydrogens (tertiary/aromatic N) is 2. The molecule has 0 radical (unpaired) electrons. The highest BCUT2D eigenvalue weighted by molar-refractivity contribution is 9.10. The van der Waals surface area contributed by atoms with Crippen LogP contribution in [0.25, 0.3) is 0 Å². The maximum absolute atomic E-state index is 12.6. The van der Waals surface area contributed by atoms with E-state index in [2.05, 4.69) is 20.9 Å². The molecular formula is C16H18BrN3O. The van der Waals surface area contributed by atoms with Crippen molar-refractivity contribution >= 4 is 21.8 Å². The van der Waals surface area contributed by atoms with E-state index < -0.39 is 5.54 Å². The van der Waals surface area contributed by atoms with Crippen LogP contribution in [-0.2, 0) is 16.9 Å². The topological polar surface area (TPSA) is 59.2 Å². The molecule has 0 bridgehead atoms. The summed E-state index contributed by atoms with van der Waals surface area (Å²) in [4.78, 5) is 18.3. The Morgan fingerprint density at radius 3 is 2.57 bits per heavy atom. The Morgan fingerprint density at radius 1 is 1.33 bits per heavy atom. The minimum atomic E-state index is -1.06. The molecule has 2 rings (SSSR count). The van der Waals surface area contributed by atoms with E-state index in [-0.39, 0.29) is 5.91 Å². The van der Waals surface area contributed by atoms with Crippen molar-refractivity contribution in [3.05, 3.63) is 64.4 Å². The van der Waals surface area contributed by atoms with Crippen LogP contribution in [0.3, 0.4) is 0 Å². The summed E-state index contributed by atoms with van der Waals surface area (Å²) in [6, 6.07) is 11.3. The number of hydrogen-bond acceptors (Lipinski definition) is 3. The van der Waals surface area contributed by atoms with Gasteiger partial charge in [0.2, 0.25) is 5.91 Å². The second kappa shape index (κ2) is 6.37. The predicted molar refractivity (Wildman–Crippen MR) is 86.4 cm³/mol. The molecule has 5 heteroatoms. The van der Waals surface area contributed by atoms with E-state index in [1.54, 1.807) is 31.3 Å². The van der Waals surface area contributed by atoms with E-state index in [9.17, 15) is 4.79 Å². The first-order chi connectivity index (χ1) is 9.91. The normalized spacial score (nSPS) is 13.5. The van der Waals surface area contributed by atoms with Crippen molar-refractivity contribution in [2.24, 2.45) is 5.73 Å². The smallest absolute Gasteiger partial charge is 0.247 e. The van der Waals surface area contributed by atoms with Gasteiger partial charge in [-0.05, 0) is 36.2 Å². The number of benzene rings is 1. The lowest BCUT2D eigenvalue weighted by molar-refractivity contribution is -0.136. The molecule has 0 saturated carbocycles. The maximum atomic E-state index is 12.6. The lowest BCUT2D eigenvalue weighted by atomic mass is 9.91. The number of rotatable bonds is 4. The summed E-state index contributed by atoms with van der Waals surface area (Å²) < 4.78 is 0.957. The second-order valence-electron chi connectivity index (χ2n) is 5.23. The van der Waals surface area contributed by atoms with Crippen LogP contribution in [0.5, 0.6) is 0 Å². The van der Waals surface area contributed by atoms with Gasteiger partial charge in [0.05, 0.1) is 0 Å². The van der Waals surface area contributed by atoms with Gasteiger partial charge < -0.3 is 10.6 Å². The van der Waals surface area contributed by atoms with Crippen molar-refractivity contribution in [3.8, 4) is 0 Å². The van der Waals surface area contributed by atoms with Crippen LogP contribution in [0.1, 0.15) is 18.1 Å². The summed E-state index contributed by atoms with van der Waals surface area (Å²) in [6.07, 6.45) is 3.46. The molecule has 2 N–H and O–H groups in total. The van der Waals surface area contributed by atoms with Crippen LogP contribution in [0.4, 0.5) is 0 Å². The molecule has 2 aromatic rings. The summed E-state index contributed by atoms with van der Waals surface area (Å²) in [5.74, 6) is -0.131. The fraction of sp³-hybridized carbons (Fsp3) is 0.250. The molecule has 110 valence electrons. The van der Waals surface area contributed by atoms with E-state index in [4.69, 9.17) is 5.73 Å². The fourth-order valence-corrected chi connectivity index (χ4v) is 2.42. The molecule has 0 aliphatic rings. The summed E-state index contributed by atoms with van der Waals surface area (Å²) in [5, 5.41) is 0. The predicted octanol–water partition coefficient (Wildman–Crippen LogP) is 2.68. The van der Waals surface area contributed by atoms with Gasteiger partial charge in [0, 0.05) is 30.5 Å². The number of amides is 1. The van der Waals surface area contributed by atoms with Crippen LogP contribution in [0, 0.1) is 0 Å². The van der Waals surface area contributed by atoms with Gasteiger partial charge in [-0.25, -0.2) is 0 Å². The third kappa shape index (κ3) is 3.68. The number of aromatic nitrogens is 1. The number of carbonyl (C=O) groups is 1. The molecule has 0 fully saturated rings. The van der Waals surface area contributed by atoms with Gasteiger partial charge in [0.1, 0.15) is 5.54 Å². The van der Waals surface area contributed by atoms with Gasteiger partial charge in [-0.3, -0.25) is 9.78 Å². The number of nitrogens with two attached hydrogens (primary N) is 1. The van der Waals surface area contributed by atoms with Crippen molar-refractivity contribution in [1.82, 2.24) is 9.88 Å². The van der Waals surface area contributed by atoms with Gasteiger partial charge >= 0.3 is 0 Å². The largest absolute Gasteiger partial charge is 0.339 e. The zero-order chi connectivity index (χ0) is 15.5. The van der Waals surface area contributed by atoms with Gasteiger partial charge in [0.15, 0.2) is 0 Å². The summed E-state index contributed by atoms with van der Waals surface area (Å²) in [7, 11) is 1.75. The van der Waals surface area contributed by atoms with Crippen molar-refractivity contribution in [2.45, 2.75) is 19.0 Å². The van der Waals surface area contributed by atoms with Gasteiger partial charge in [-0.15, -0.1) is 0 Å². The Bertz CT molecular complexity index is 611. The zero-order valence-electron chi connectivity index (χ0n) is 12.1. The number of halogens is 1. The Labute approximate surface area is 133 Å². The minimum absolute atomic E-state index is 0.131. The maximum Gasteiger partial charge on any atom is 0.247 e.